The maximum absolute atomic E-state index is 13.7. The van der Waals surface area contributed by atoms with E-state index in [0.29, 0.717) is 0 Å². The zero-order valence-electron chi connectivity index (χ0n) is 24.5. The molecule has 13 heteroatoms. The Kier molecular flexibility index (Phi) is 12.1. The lowest BCUT2D eigenvalue weighted by Gasteiger charge is -2.35. The summed E-state index contributed by atoms with van der Waals surface area (Å²) in [4.78, 5) is 28.6. The van der Waals surface area contributed by atoms with Gasteiger partial charge in [0.25, 0.3) is 0 Å². The van der Waals surface area contributed by atoms with Gasteiger partial charge in [-0.1, -0.05) is 44.2 Å². The van der Waals surface area contributed by atoms with E-state index in [9.17, 15) is 31.5 Å². The number of nitrogens with zero attached hydrogens (tertiary/aromatic N) is 2. The van der Waals surface area contributed by atoms with Crippen LogP contribution in [0.25, 0.3) is 0 Å². The largest absolute Gasteiger partial charge is 0.390 e. The maximum atomic E-state index is 13.7. The molecule has 0 aliphatic carbocycles. The number of sulfone groups is 1. The highest BCUT2D eigenvalue weighted by Crippen LogP contribution is 2.22. The van der Waals surface area contributed by atoms with Crippen LogP contribution in [-0.2, 0) is 35.9 Å². The van der Waals surface area contributed by atoms with Crippen LogP contribution in [0.5, 0.6) is 0 Å². The average Bonchev–Trinajstić information content (AvgIpc) is 3.33. The lowest BCUT2D eigenvalue weighted by molar-refractivity contribution is -0.131. The minimum atomic E-state index is -3.83. The summed E-state index contributed by atoms with van der Waals surface area (Å²) in [5.41, 5.74) is 0.776. The lowest BCUT2D eigenvalue weighted by atomic mass is 9.98. The van der Waals surface area contributed by atoms with Crippen molar-refractivity contribution in [1.29, 1.82) is 0 Å². The fourth-order valence-electron chi connectivity index (χ4n) is 4.63. The molecule has 11 nitrogen and oxygen atoms in total. The second-order valence-corrected chi connectivity index (χ2v) is 16.3. The van der Waals surface area contributed by atoms with Gasteiger partial charge in [0.1, 0.15) is 6.04 Å². The standard InChI is InChI=1S/C27H46N4O7S2/c1-20(2)17-31(40(6,37)38)18-23(32)22(16-21-12-8-7-9-13-21)28-26(34)25(27(3,4)39(5,35)36)29-24(33)19-30-14-10-11-15-30/h7-9,12-13,20,22-23,25,32H,10-11,14-19H2,1-6H3,(H,28,34)(H,29,33). The second-order valence-electron chi connectivity index (χ2n) is 11.7. The molecule has 3 unspecified atom stereocenters. The Morgan fingerprint density at radius 1 is 1.00 bits per heavy atom. The minimum Gasteiger partial charge on any atom is -0.390 e. The van der Waals surface area contributed by atoms with Crippen molar-refractivity contribution >= 4 is 31.7 Å². The molecule has 2 rings (SSSR count). The summed E-state index contributed by atoms with van der Waals surface area (Å²) in [6.45, 7) is 7.91. The first-order valence-electron chi connectivity index (χ1n) is 13.6. The molecule has 228 valence electrons. The fourth-order valence-corrected chi connectivity index (χ4v) is 6.21. The summed E-state index contributed by atoms with van der Waals surface area (Å²) in [5.74, 6) is -1.26. The Labute approximate surface area is 239 Å². The Hall–Kier alpha value is -2.06. The molecule has 3 atom stereocenters. The number of carbonyl (C=O) groups excluding carboxylic acids is 2. The van der Waals surface area contributed by atoms with Crippen LogP contribution in [0.4, 0.5) is 0 Å². The van der Waals surface area contributed by atoms with Gasteiger partial charge < -0.3 is 15.7 Å². The Morgan fingerprint density at radius 2 is 1.57 bits per heavy atom. The predicted octanol–water partition coefficient (Wildman–Crippen LogP) is 0.396. The van der Waals surface area contributed by atoms with Crippen molar-refractivity contribution in [1.82, 2.24) is 19.8 Å². The number of carbonyl (C=O) groups is 2. The van der Waals surface area contributed by atoms with E-state index in [1.165, 1.54) is 18.2 Å². The van der Waals surface area contributed by atoms with Crippen LogP contribution in [0.15, 0.2) is 30.3 Å². The number of rotatable bonds is 15. The van der Waals surface area contributed by atoms with Crippen LogP contribution in [0, 0.1) is 5.92 Å². The third-order valence-corrected chi connectivity index (χ3v) is 10.7. The first-order valence-corrected chi connectivity index (χ1v) is 17.3. The quantitative estimate of drug-likeness (QED) is 0.261. The lowest BCUT2D eigenvalue weighted by Crippen LogP contribution is -2.64. The zero-order chi connectivity index (χ0) is 30.3. The Bertz CT molecular complexity index is 1200. The van der Waals surface area contributed by atoms with Crippen molar-refractivity contribution in [2.45, 2.75) is 69.9 Å². The van der Waals surface area contributed by atoms with E-state index in [0.717, 1.165) is 44.0 Å². The van der Waals surface area contributed by atoms with E-state index < -0.39 is 54.6 Å². The molecule has 0 aromatic heterocycles. The molecule has 3 N–H and O–H groups in total. The normalized spacial score (nSPS) is 17.5. The molecule has 1 aromatic rings. The first kappa shape index (κ1) is 34.1. The number of amides is 2. The molecule has 1 heterocycles. The van der Waals surface area contributed by atoms with Crippen molar-refractivity contribution in [3.63, 3.8) is 0 Å². The topological polar surface area (TPSA) is 153 Å². The number of hydrogen-bond donors (Lipinski definition) is 3. The number of hydrogen-bond acceptors (Lipinski definition) is 8. The molecule has 1 aliphatic rings. The van der Waals surface area contributed by atoms with Crippen LogP contribution in [0.2, 0.25) is 0 Å². The van der Waals surface area contributed by atoms with Crippen LogP contribution in [-0.4, -0.2) is 111 Å². The van der Waals surface area contributed by atoms with Crippen molar-refractivity contribution in [2.24, 2.45) is 5.92 Å². The smallest absolute Gasteiger partial charge is 0.244 e. The van der Waals surface area contributed by atoms with E-state index in [4.69, 9.17) is 0 Å². The van der Waals surface area contributed by atoms with Crippen LogP contribution < -0.4 is 10.6 Å². The summed E-state index contributed by atoms with van der Waals surface area (Å²) in [5, 5.41) is 16.6. The molecular weight excluding hydrogens is 556 g/mol. The van der Waals surface area contributed by atoms with E-state index in [1.807, 2.05) is 36.9 Å². The van der Waals surface area contributed by atoms with Gasteiger partial charge in [0.05, 0.1) is 29.7 Å². The van der Waals surface area contributed by atoms with Crippen molar-refractivity contribution in [2.75, 3.05) is 45.2 Å². The highest BCUT2D eigenvalue weighted by molar-refractivity contribution is 7.92. The van der Waals surface area contributed by atoms with E-state index in [2.05, 4.69) is 10.6 Å². The monoisotopic (exact) mass is 602 g/mol. The molecule has 40 heavy (non-hydrogen) atoms. The van der Waals surface area contributed by atoms with Gasteiger partial charge >= 0.3 is 0 Å². The third-order valence-electron chi connectivity index (χ3n) is 7.30. The SMILES string of the molecule is CC(C)CN(CC(O)C(Cc1ccccc1)NC(=O)C(NC(=O)CN1CCCC1)C(C)(C)S(C)(=O)=O)S(C)(=O)=O. The minimum absolute atomic E-state index is 0.00477. The molecule has 1 fully saturated rings. The molecule has 0 spiro atoms. The Balaban J connectivity index is 2.37. The zero-order valence-corrected chi connectivity index (χ0v) is 26.1. The van der Waals surface area contributed by atoms with Gasteiger partial charge in [-0.2, -0.15) is 4.31 Å². The second kappa shape index (κ2) is 14.2. The number of likely N-dealkylation sites (tertiary alicyclic amines) is 1. The predicted molar refractivity (Wildman–Crippen MR) is 156 cm³/mol. The van der Waals surface area contributed by atoms with Gasteiger partial charge in [-0.25, -0.2) is 16.8 Å². The number of benzene rings is 1. The van der Waals surface area contributed by atoms with Crippen LogP contribution in [0.3, 0.4) is 0 Å². The van der Waals surface area contributed by atoms with Gasteiger partial charge in [0.2, 0.25) is 21.8 Å². The van der Waals surface area contributed by atoms with Crippen LogP contribution >= 0.6 is 0 Å². The highest BCUT2D eigenvalue weighted by Gasteiger charge is 2.45. The fraction of sp³-hybridized carbons (Fsp3) is 0.704. The maximum Gasteiger partial charge on any atom is 0.244 e. The van der Waals surface area contributed by atoms with Crippen molar-refractivity contribution < 1.29 is 31.5 Å². The molecule has 2 amide bonds. The van der Waals surface area contributed by atoms with Crippen molar-refractivity contribution in [3.8, 4) is 0 Å². The summed E-state index contributed by atoms with van der Waals surface area (Å²) in [6.07, 6.45) is 2.83. The molecule has 1 aromatic carbocycles. The van der Waals surface area contributed by atoms with E-state index in [-0.39, 0.29) is 32.0 Å². The molecular formula is C27H46N4O7S2. The number of sulfonamides is 1. The molecule has 0 bridgehead atoms. The van der Waals surface area contributed by atoms with Gasteiger partial charge in [0.15, 0.2) is 9.84 Å². The molecule has 0 radical (unpaired) electrons. The molecule has 1 saturated heterocycles. The van der Waals surface area contributed by atoms with Gasteiger partial charge in [-0.15, -0.1) is 0 Å². The van der Waals surface area contributed by atoms with E-state index >= 15 is 0 Å². The van der Waals surface area contributed by atoms with Gasteiger partial charge in [-0.3, -0.25) is 14.5 Å². The third kappa shape index (κ3) is 10.1. The van der Waals surface area contributed by atoms with Crippen LogP contribution in [0.1, 0.15) is 46.1 Å². The first-order chi connectivity index (χ1) is 18.4. The molecule has 1 aliphatic heterocycles. The average molecular weight is 603 g/mol. The molecule has 0 saturated carbocycles. The Morgan fingerprint density at radius 3 is 2.08 bits per heavy atom. The number of aliphatic hydroxyl groups excluding tert-OH is 1. The number of nitrogens with one attached hydrogen (secondary N) is 2. The van der Waals surface area contributed by atoms with Gasteiger partial charge in [0, 0.05) is 19.3 Å². The summed E-state index contributed by atoms with van der Waals surface area (Å²) >= 11 is 0. The summed E-state index contributed by atoms with van der Waals surface area (Å²) < 4.78 is 49.8. The van der Waals surface area contributed by atoms with E-state index in [1.54, 1.807) is 12.1 Å². The summed E-state index contributed by atoms with van der Waals surface area (Å²) in [6, 6.07) is 6.62. The number of aliphatic hydroxyl groups is 1. The van der Waals surface area contributed by atoms with Gasteiger partial charge in [-0.05, 0) is 57.7 Å². The van der Waals surface area contributed by atoms with Crippen molar-refractivity contribution in [3.05, 3.63) is 35.9 Å². The summed E-state index contributed by atoms with van der Waals surface area (Å²) in [7, 11) is -7.48. The highest BCUT2D eigenvalue weighted by atomic mass is 32.2.